The van der Waals surface area contributed by atoms with E-state index < -0.39 is 0 Å². The largest absolute Gasteiger partial charge is 0.375 e. The summed E-state index contributed by atoms with van der Waals surface area (Å²) < 4.78 is 7.23. The van der Waals surface area contributed by atoms with Gasteiger partial charge in [-0.3, -0.25) is 0 Å². The molecule has 1 aliphatic carbocycles. The Morgan fingerprint density at radius 1 is 1.35 bits per heavy atom. The summed E-state index contributed by atoms with van der Waals surface area (Å²) in [5.41, 5.74) is 1.64. The van der Waals surface area contributed by atoms with E-state index in [9.17, 15) is 0 Å². The van der Waals surface area contributed by atoms with Gasteiger partial charge >= 0.3 is 0 Å². The van der Waals surface area contributed by atoms with E-state index in [4.69, 9.17) is 4.74 Å². The molecule has 1 N–H and O–H groups in total. The van der Waals surface area contributed by atoms with Gasteiger partial charge in [-0.05, 0) is 62.3 Å². The van der Waals surface area contributed by atoms with E-state index in [0.717, 1.165) is 17.6 Å². The number of ether oxygens (including phenoxy) is 1. The molecule has 1 aromatic rings. The van der Waals surface area contributed by atoms with E-state index in [1.165, 1.54) is 37.7 Å². The van der Waals surface area contributed by atoms with Crippen LogP contribution in [-0.2, 0) is 4.74 Å². The van der Waals surface area contributed by atoms with E-state index >= 15 is 0 Å². The first kappa shape index (κ1) is 14.6. The van der Waals surface area contributed by atoms with Crippen molar-refractivity contribution in [2.24, 2.45) is 5.92 Å². The SMILES string of the molecule is CCNC(c1ccc(Br)cc1)C1CCOC2(CCC2)C1. The third-order valence-corrected chi connectivity index (χ3v) is 5.45. The molecule has 1 spiro atoms. The van der Waals surface area contributed by atoms with Crippen LogP contribution < -0.4 is 5.32 Å². The highest BCUT2D eigenvalue weighted by molar-refractivity contribution is 9.10. The molecule has 2 nitrogen and oxygen atoms in total. The van der Waals surface area contributed by atoms with Crippen molar-refractivity contribution in [3.63, 3.8) is 0 Å². The van der Waals surface area contributed by atoms with Crippen molar-refractivity contribution in [1.82, 2.24) is 5.32 Å². The maximum atomic E-state index is 6.08. The van der Waals surface area contributed by atoms with Gasteiger partial charge in [-0.25, -0.2) is 0 Å². The molecule has 0 radical (unpaired) electrons. The molecule has 20 heavy (non-hydrogen) atoms. The Labute approximate surface area is 130 Å². The summed E-state index contributed by atoms with van der Waals surface area (Å²) in [4.78, 5) is 0. The zero-order valence-corrected chi connectivity index (χ0v) is 13.8. The summed E-state index contributed by atoms with van der Waals surface area (Å²) in [6.07, 6.45) is 6.28. The Hall–Kier alpha value is -0.380. The minimum Gasteiger partial charge on any atom is -0.375 e. The summed E-state index contributed by atoms with van der Waals surface area (Å²) in [6.45, 7) is 4.15. The summed E-state index contributed by atoms with van der Waals surface area (Å²) in [5.74, 6) is 0.699. The fourth-order valence-electron chi connectivity index (χ4n) is 3.72. The molecule has 1 heterocycles. The van der Waals surface area contributed by atoms with Crippen LogP contribution in [-0.4, -0.2) is 18.8 Å². The molecule has 3 heteroatoms. The van der Waals surface area contributed by atoms with Crippen molar-refractivity contribution < 1.29 is 4.74 Å². The van der Waals surface area contributed by atoms with Crippen LogP contribution in [0.1, 0.15) is 50.6 Å². The fraction of sp³-hybridized carbons (Fsp3) is 0.647. The standard InChI is InChI=1S/C17H24BrNO/c1-2-19-16(13-4-6-15(18)7-5-13)14-8-11-20-17(12-14)9-3-10-17/h4-7,14,16,19H,2-3,8-12H2,1H3. The number of hydrogen-bond acceptors (Lipinski definition) is 2. The highest BCUT2D eigenvalue weighted by Crippen LogP contribution is 2.47. The van der Waals surface area contributed by atoms with Gasteiger partial charge in [0.05, 0.1) is 5.60 Å². The monoisotopic (exact) mass is 337 g/mol. The molecule has 2 atom stereocenters. The minimum absolute atomic E-state index is 0.228. The summed E-state index contributed by atoms with van der Waals surface area (Å²) in [5, 5.41) is 3.70. The van der Waals surface area contributed by atoms with E-state index in [0.29, 0.717) is 12.0 Å². The highest BCUT2D eigenvalue weighted by atomic mass is 79.9. The van der Waals surface area contributed by atoms with Gasteiger partial charge in [0.25, 0.3) is 0 Å². The molecule has 1 saturated carbocycles. The zero-order chi connectivity index (χ0) is 14.0. The Morgan fingerprint density at radius 2 is 2.10 bits per heavy atom. The van der Waals surface area contributed by atoms with Crippen LogP contribution in [0.2, 0.25) is 0 Å². The van der Waals surface area contributed by atoms with E-state index in [1.807, 2.05) is 0 Å². The lowest BCUT2D eigenvalue weighted by Crippen LogP contribution is -2.48. The average Bonchev–Trinajstić information content (AvgIpc) is 2.44. The summed E-state index contributed by atoms with van der Waals surface area (Å²) in [6, 6.07) is 9.27. The predicted molar refractivity (Wildman–Crippen MR) is 85.8 cm³/mol. The van der Waals surface area contributed by atoms with Crippen LogP contribution in [0.25, 0.3) is 0 Å². The normalized spacial score (nSPS) is 26.2. The smallest absolute Gasteiger partial charge is 0.0686 e. The van der Waals surface area contributed by atoms with Crippen LogP contribution >= 0.6 is 15.9 Å². The van der Waals surface area contributed by atoms with Gasteiger partial charge < -0.3 is 10.1 Å². The van der Waals surface area contributed by atoms with Crippen molar-refractivity contribution in [3.05, 3.63) is 34.3 Å². The van der Waals surface area contributed by atoms with Gasteiger partial charge in [-0.2, -0.15) is 0 Å². The second-order valence-electron chi connectivity index (χ2n) is 6.22. The first-order chi connectivity index (χ1) is 9.72. The third kappa shape index (κ3) is 2.95. The van der Waals surface area contributed by atoms with Crippen LogP contribution in [0, 0.1) is 5.92 Å². The predicted octanol–water partition coefficient (Wildman–Crippen LogP) is 4.45. The summed E-state index contributed by atoms with van der Waals surface area (Å²) in [7, 11) is 0. The first-order valence-corrected chi connectivity index (χ1v) is 8.64. The Morgan fingerprint density at radius 3 is 2.70 bits per heavy atom. The number of rotatable bonds is 4. The Bertz CT molecular complexity index is 441. The molecular weight excluding hydrogens is 314 g/mol. The molecular formula is C17H24BrNO. The van der Waals surface area contributed by atoms with Crippen LogP contribution in [0.4, 0.5) is 0 Å². The molecule has 2 aliphatic rings. The summed E-state index contributed by atoms with van der Waals surface area (Å²) >= 11 is 3.53. The van der Waals surface area contributed by atoms with Crippen molar-refractivity contribution in [1.29, 1.82) is 0 Å². The number of halogens is 1. The Kier molecular flexibility index (Phi) is 4.49. The van der Waals surface area contributed by atoms with Gasteiger partial charge in [0, 0.05) is 17.1 Å². The average molecular weight is 338 g/mol. The van der Waals surface area contributed by atoms with Gasteiger partial charge in [-0.15, -0.1) is 0 Å². The Balaban J connectivity index is 1.77. The third-order valence-electron chi connectivity index (χ3n) is 4.92. The van der Waals surface area contributed by atoms with Gasteiger partial charge in [0.2, 0.25) is 0 Å². The van der Waals surface area contributed by atoms with Crippen LogP contribution in [0.3, 0.4) is 0 Å². The van der Waals surface area contributed by atoms with E-state index in [-0.39, 0.29) is 5.60 Å². The molecule has 2 fully saturated rings. The highest BCUT2D eigenvalue weighted by Gasteiger charge is 2.44. The fourth-order valence-corrected chi connectivity index (χ4v) is 3.98. The quantitative estimate of drug-likeness (QED) is 0.876. The molecule has 110 valence electrons. The van der Waals surface area contributed by atoms with Gasteiger partial charge in [0.15, 0.2) is 0 Å². The lowest BCUT2D eigenvalue weighted by atomic mass is 9.69. The maximum absolute atomic E-state index is 6.08. The number of nitrogens with one attached hydrogen (secondary N) is 1. The second-order valence-corrected chi connectivity index (χ2v) is 7.14. The van der Waals surface area contributed by atoms with Crippen molar-refractivity contribution in [2.45, 2.75) is 50.7 Å². The van der Waals surface area contributed by atoms with E-state index in [2.05, 4.69) is 52.4 Å². The lowest BCUT2D eigenvalue weighted by Gasteiger charge is -2.49. The first-order valence-electron chi connectivity index (χ1n) is 7.85. The molecule has 0 bridgehead atoms. The van der Waals surface area contributed by atoms with Gasteiger partial charge in [-0.1, -0.05) is 35.0 Å². The molecule has 0 aromatic heterocycles. The topological polar surface area (TPSA) is 21.3 Å². The number of benzene rings is 1. The van der Waals surface area contributed by atoms with E-state index in [1.54, 1.807) is 0 Å². The zero-order valence-electron chi connectivity index (χ0n) is 12.2. The minimum atomic E-state index is 0.228. The molecule has 1 aromatic carbocycles. The van der Waals surface area contributed by atoms with Crippen LogP contribution in [0.15, 0.2) is 28.7 Å². The number of hydrogen-bond donors (Lipinski definition) is 1. The molecule has 1 saturated heterocycles. The van der Waals surface area contributed by atoms with Crippen molar-refractivity contribution in [2.75, 3.05) is 13.2 Å². The molecule has 0 amide bonds. The van der Waals surface area contributed by atoms with Crippen LogP contribution in [0.5, 0.6) is 0 Å². The molecule has 3 rings (SSSR count). The second kappa shape index (κ2) is 6.17. The van der Waals surface area contributed by atoms with Crippen molar-refractivity contribution in [3.8, 4) is 0 Å². The lowest BCUT2D eigenvalue weighted by molar-refractivity contribution is -0.147. The van der Waals surface area contributed by atoms with Crippen molar-refractivity contribution >= 4 is 15.9 Å². The maximum Gasteiger partial charge on any atom is 0.0686 e. The molecule has 1 aliphatic heterocycles. The van der Waals surface area contributed by atoms with Gasteiger partial charge in [0.1, 0.15) is 0 Å². The molecule has 2 unspecified atom stereocenters.